The lowest BCUT2D eigenvalue weighted by Gasteiger charge is -2.21. The molecule has 24 heavy (non-hydrogen) atoms. The highest BCUT2D eigenvalue weighted by molar-refractivity contribution is 8.02. The Bertz CT molecular complexity index is 461. The molecule has 0 aliphatic rings. The van der Waals surface area contributed by atoms with Gasteiger partial charge < -0.3 is 0 Å². The number of nitrogens with one attached hydrogen (secondary N) is 2. The first kappa shape index (κ1) is 22.6. The zero-order valence-electron chi connectivity index (χ0n) is 14.8. The summed E-state index contributed by atoms with van der Waals surface area (Å²) in [6, 6.07) is 0. The molecular formula is C16H26N4O2S2. The zero-order chi connectivity index (χ0) is 18.6. The molecule has 0 aromatic carbocycles. The summed E-state index contributed by atoms with van der Waals surface area (Å²) in [7, 11) is 0. The largest absolute Gasteiger partial charge is 0.273 e. The van der Waals surface area contributed by atoms with Gasteiger partial charge in [0.25, 0.3) is 0 Å². The van der Waals surface area contributed by atoms with E-state index in [-0.39, 0.29) is 11.8 Å². The van der Waals surface area contributed by atoms with Crippen molar-refractivity contribution in [3.05, 3.63) is 0 Å². The van der Waals surface area contributed by atoms with E-state index in [0.717, 1.165) is 35.9 Å². The number of amides is 2. The van der Waals surface area contributed by atoms with Crippen LogP contribution >= 0.6 is 23.5 Å². The number of rotatable bonds is 11. The lowest BCUT2D eigenvalue weighted by atomic mass is 9.89. The van der Waals surface area contributed by atoms with Crippen molar-refractivity contribution in [1.82, 2.24) is 10.6 Å². The Morgan fingerprint density at radius 1 is 0.792 bits per heavy atom. The first-order chi connectivity index (χ1) is 11.2. The van der Waals surface area contributed by atoms with Crippen molar-refractivity contribution in [2.75, 3.05) is 23.0 Å². The Balaban J connectivity index is 3.79. The second kappa shape index (κ2) is 11.2. The van der Waals surface area contributed by atoms with Gasteiger partial charge in [-0.2, -0.15) is 34.0 Å². The van der Waals surface area contributed by atoms with Gasteiger partial charge in [-0.1, -0.05) is 27.7 Å². The van der Waals surface area contributed by atoms with Crippen LogP contribution in [-0.4, -0.2) is 34.8 Å². The van der Waals surface area contributed by atoms with Gasteiger partial charge in [-0.15, -0.1) is 0 Å². The van der Waals surface area contributed by atoms with E-state index in [1.165, 1.54) is 0 Å². The number of hydrogen-bond donors (Lipinski definition) is 2. The molecule has 0 aliphatic heterocycles. The van der Waals surface area contributed by atoms with E-state index >= 15 is 0 Å². The number of nitriles is 2. The molecule has 6 nitrogen and oxygen atoms in total. The summed E-state index contributed by atoms with van der Waals surface area (Å²) in [5, 5.41) is 21.3. The fourth-order valence-corrected chi connectivity index (χ4v) is 4.30. The lowest BCUT2D eigenvalue weighted by molar-refractivity contribution is -0.128. The summed E-state index contributed by atoms with van der Waals surface area (Å²) in [6.07, 6.45) is 4.78. The highest BCUT2D eigenvalue weighted by Crippen LogP contribution is 2.25. The minimum absolute atomic E-state index is 0.238. The molecule has 0 saturated heterocycles. The van der Waals surface area contributed by atoms with Crippen molar-refractivity contribution in [3.63, 3.8) is 0 Å². The van der Waals surface area contributed by atoms with Crippen molar-refractivity contribution in [2.45, 2.75) is 40.5 Å². The lowest BCUT2D eigenvalue weighted by Crippen LogP contribution is -2.34. The van der Waals surface area contributed by atoms with Crippen LogP contribution < -0.4 is 10.6 Å². The van der Waals surface area contributed by atoms with E-state index < -0.39 is 10.8 Å². The van der Waals surface area contributed by atoms with Crippen LogP contribution in [0.2, 0.25) is 0 Å². The van der Waals surface area contributed by atoms with E-state index in [1.54, 1.807) is 35.9 Å². The molecule has 0 aliphatic carbocycles. The van der Waals surface area contributed by atoms with Crippen LogP contribution in [-0.2, 0) is 9.59 Å². The molecule has 0 atom stereocenters. The van der Waals surface area contributed by atoms with Gasteiger partial charge in [-0.3, -0.25) is 20.2 Å². The highest BCUT2D eigenvalue weighted by atomic mass is 32.2. The first-order valence-corrected chi connectivity index (χ1v) is 10.0. The Morgan fingerprint density at radius 2 is 1.12 bits per heavy atom. The van der Waals surface area contributed by atoms with Gasteiger partial charge in [0.2, 0.25) is 11.8 Å². The van der Waals surface area contributed by atoms with Gasteiger partial charge in [0.15, 0.2) is 12.4 Å². The number of thioether (sulfide) groups is 2. The van der Waals surface area contributed by atoms with E-state index in [1.807, 2.05) is 27.7 Å². The molecule has 0 aromatic rings. The highest BCUT2D eigenvalue weighted by Gasteiger charge is 2.27. The summed E-state index contributed by atoms with van der Waals surface area (Å²) in [6.45, 7) is 7.35. The van der Waals surface area contributed by atoms with Crippen molar-refractivity contribution >= 4 is 35.3 Å². The van der Waals surface area contributed by atoms with Crippen molar-refractivity contribution in [1.29, 1.82) is 10.5 Å². The average Bonchev–Trinajstić information content (AvgIpc) is 2.50. The minimum Gasteiger partial charge on any atom is -0.273 e. The minimum atomic E-state index is -0.534. The Kier molecular flexibility index (Phi) is 10.6. The van der Waals surface area contributed by atoms with Gasteiger partial charge in [0, 0.05) is 22.3 Å². The molecule has 0 spiro atoms. The van der Waals surface area contributed by atoms with Crippen molar-refractivity contribution in [3.8, 4) is 12.4 Å². The van der Waals surface area contributed by atoms with Gasteiger partial charge in [-0.05, 0) is 24.3 Å². The molecular weight excluding hydrogens is 344 g/mol. The van der Waals surface area contributed by atoms with E-state index in [4.69, 9.17) is 10.5 Å². The molecule has 0 saturated carbocycles. The van der Waals surface area contributed by atoms with Crippen LogP contribution in [0.15, 0.2) is 0 Å². The molecule has 0 aromatic heterocycles. The second-order valence-electron chi connectivity index (χ2n) is 6.62. The molecule has 2 N–H and O–H groups in total. The predicted molar refractivity (Wildman–Crippen MR) is 99.0 cm³/mol. The molecule has 0 rings (SSSR count). The number of carbonyl (C=O) groups is 2. The fourth-order valence-electron chi connectivity index (χ4n) is 1.64. The molecule has 2 amide bonds. The molecule has 0 unspecified atom stereocenters. The Morgan fingerprint density at radius 3 is 1.42 bits per heavy atom. The SMILES string of the molecule is CC(C)(CCSCCSCCC(C)(C)C(=O)NC#N)C(=O)NC#N. The predicted octanol–water partition coefficient (Wildman–Crippen LogP) is 2.48. The quantitative estimate of drug-likeness (QED) is 0.329. The number of hydrogen-bond acceptors (Lipinski definition) is 6. The Labute approximate surface area is 153 Å². The third kappa shape index (κ3) is 9.05. The smallest absolute Gasteiger partial charge is 0.238 e. The maximum absolute atomic E-state index is 11.7. The van der Waals surface area contributed by atoms with Gasteiger partial charge >= 0.3 is 0 Å². The zero-order valence-corrected chi connectivity index (χ0v) is 16.4. The molecule has 0 bridgehead atoms. The molecule has 134 valence electrons. The van der Waals surface area contributed by atoms with Gasteiger partial charge in [-0.25, -0.2) is 0 Å². The fraction of sp³-hybridized carbons (Fsp3) is 0.750. The van der Waals surface area contributed by atoms with Crippen LogP contribution in [0.1, 0.15) is 40.5 Å². The third-order valence-corrected chi connectivity index (χ3v) is 5.91. The Hall–Kier alpha value is -1.38. The van der Waals surface area contributed by atoms with E-state index in [2.05, 4.69) is 10.6 Å². The molecule has 8 heteroatoms. The maximum atomic E-state index is 11.7. The number of carbonyl (C=O) groups excluding carboxylic acids is 2. The van der Waals surface area contributed by atoms with Crippen LogP contribution in [0.3, 0.4) is 0 Å². The standard InChI is InChI=1S/C16H26N4O2S2/c1-15(2,13(21)19-11-17)5-7-23-9-10-24-8-6-16(3,4)14(22)20-12-18/h5-10H2,1-4H3,(H,19,21)(H,20,22). The maximum Gasteiger partial charge on any atom is 0.238 e. The van der Waals surface area contributed by atoms with Crippen molar-refractivity contribution < 1.29 is 9.59 Å². The monoisotopic (exact) mass is 370 g/mol. The first-order valence-electron chi connectivity index (χ1n) is 7.72. The summed E-state index contributed by atoms with van der Waals surface area (Å²) in [5.74, 6) is 3.21. The third-order valence-electron chi connectivity index (χ3n) is 3.68. The summed E-state index contributed by atoms with van der Waals surface area (Å²) in [5.41, 5.74) is -1.07. The summed E-state index contributed by atoms with van der Waals surface area (Å²) in [4.78, 5) is 23.3. The van der Waals surface area contributed by atoms with Gasteiger partial charge in [0.05, 0.1) is 0 Å². The molecule has 0 heterocycles. The summed E-state index contributed by atoms with van der Waals surface area (Å²) < 4.78 is 0. The van der Waals surface area contributed by atoms with E-state index in [9.17, 15) is 9.59 Å². The average molecular weight is 371 g/mol. The second-order valence-corrected chi connectivity index (χ2v) is 9.07. The van der Waals surface area contributed by atoms with Crippen LogP contribution in [0.4, 0.5) is 0 Å². The number of nitrogens with zero attached hydrogens (tertiary/aromatic N) is 2. The van der Waals surface area contributed by atoms with Gasteiger partial charge in [0.1, 0.15) is 0 Å². The summed E-state index contributed by atoms with van der Waals surface area (Å²) >= 11 is 3.56. The van der Waals surface area contributed by atoms with E-state index in [0.29, 0.717) is 0 Å². The molecule has 0 fully saturated rings. The van der Waals surface area contributed by atoms with Crippen molar-refractivity contribution in [2.24, 2.45) is 10.8 Å². The molecule has 0 radical (unpaired) electrons. The van der Waals surface area contributed by atoms with Crippen LogP contribution in [0.5, 0.6) is 0 Å². The topological polar surface area (TPSA) is 106 Å². The van der Waals surface area contributed by atoms with Crippen LogP contribution in [0.25, 0.3) is 0 Å². The van der Waals surface area contributed by atoms with Crippen LogP contribution in [0, 0.1) is 33.7 Å². The normalized spacial score (nSPS) is 11.2.